The molecule has 3 N–H and O–H groups in total. The topological polar surface area (TPSA) is 237 Å². The van der Waals surface area contributed by atoms with Crippen molar-refractivity contribution in [3.05, 3.63) is 0 Å². The van der Waals surface area contributed by atoms with Crippen LogP contribution in [0.2, 0.25) is 0 Å². The maximum Gasteiger partial charge on any atom is 0.472 e. The number of phosphoric ester groups is 2. The smallest absolute Gasteiger partial charge is 0.462 e. The Kier molecular flexibility index (Phi) is 81.7. The van der Waals surface area contributed by atoms with Crippen molar-refractivity contribution >= 4 is 39.5 Å². The molecule has 0 amide bonds. The van der Waals surface area contributed by atoms with E-state index in [1.165, 1.54) is 315 Å². The van der Waals surface area contributed by atoms with Crippen molar-refractivity contribution in [2.45, 2.75) is 516 Å². The van der Waals surface area contributed by atoms with Crippen molar-refractivity contribution in [3.8, 4) is 0 Å². The number of esters is 4. The summed E-state index contributed by atoms with van der Waals surface area (Å²) in [5.74, 6) is -0.470. The van der Waals surface area contributed by atoms with E-state index in [-0.39, 0.29) is 25.7 Å². The van der Waals surface area contributed by atoms with Crippen LogP contribution in [0.5, 0.6) is 0 Å². The molecule has 0 aliphatic heterocycles. The van der Waals surface area contributed by atoms with Crippen LogP contribution < -0.4 is 0 Å². The van der Waals surface area contributed by atoms with E-state index in [1.54, 1.807) is 0 Å². The van der Waals surface area contributed by atoms with Crippen molar-refractivity contribution in [3.63, 3.8) is 0 Å². The van der Waals surface area contributed by atoms with E-state index < -0.39 is 97.5 Å². The molecule has 0 heterocycles. The Bertz CT molecular complexity index is 2120. The lowest BCUT2D eigenvalue weighted by atomic mass is 10.0. The summed E-state index contributed by atoms with van der Waals surface area (Å²) in [4.78, 5) is 73.4. The molecule has 660 valence electrons. The summed E-state index contributed by atoms with van der Waals surface area (Å²) in [5.41, 5.74) is 0. The van der Waals surface area contributed by atoms with E-state index in [2.05, 4.69) is 41.5 Å². The zero-order valence-corrected chi connectivity index (χ0v) is 75.1. The Morgan fingerprint density at radius 1 is 0.243 bits per heavy atom. The molecule has 111 heavy (non-hydrogen) atoms. The highest BCUT2D eigenvalue weighted by atomic mass is 31.2. The minimum atomic E-state index is -4.97. The number of phosphoric acid groups is 2. The number of aliphatic hydroxyl groups excluding tert-OH is 1. The van der Waals surface area contributed by atoms with E-state index in [1.807, 2.05) is 0 Å². The van der Waals surface area contributed by atoms with E-state index >= 15 is 0 Å². The van der Waals surface area contributed by atoms with Crippen LogP contribution in [0.4, 0.5) is 0 Å². The monoisotopic (exact) mass is 1620 g/mol. The predicted octanol–water partition coefficient (Wildman–Crippen LogP) is 28.6. The van der Waals surface area contributed by atoms with Gasteiger partial charge in [0, 0.05) is 25.7 Å². The molecule has 0 radical (unpaired) electrons. The number of hydrogen-bond acceptors (Lipinski definition) is 15. The van der Waals surface area contributed by atoms with Gasteiger partial charge in [0.2, 0.25) is 0 Å². The van der Waals surface area contributed by atoms with Crippen LogP contribution in [0.1, 0.15) is 497 Å². The molecule has 0 aliphatic rings. The van der Waals surface area contributed by atoms with Crippen LogP contribution in [-0.4, -0.2) is 96.7 Å². The van der Waals surface area contributed by atoms with Gasteiger partial charge in [0.25, 0.3) is 0 Å². The molecule has 0 bridgehead atoms. The van der Waals surface area contributed by atoms with Gasteiger partial charge in [-0.2, -0.15) is 0 Å². The molecule has 5 atom stereocenters. The molecule has 0 fully saturated rings. The van der Waals surface area contributed by atoms with E-state index in [0.717, 1.165) is 102 Å². The summed E-state index contributed by atoms with van der Waals surface area (Å²) < 4.78 is 69.1. The van der Waals surface area contributed by atoms with Gasteiger partial charge in [-0.3, -0.25) is 37.3 Å². The Morgan fingerprint density at radius 3 is 0.613 bits per heavy atom. The summed E-state index contributed by atoms with van der Waals surface area (Å²) in [7, 11) is -9.93. The van der Waals surface area contributed by atoms with Crippen molar-refractivity contribution in [1.29, 1.82) is 0 Å². The van der Waals surface area contributed by atoms with Crippen molar-refractivity contribution in [1.82, 2.24) is 0 Å². The van der Waals surface area contributed by atoms with E-state index in [4.69, 9.17) is 37.0 Å². The number of aliphatic hydroxyl groups is 1. The number of carbonyl (C=O) groups excluding carboxylic acids is 4. The lowest BCUT2D eigenvalue weighted by molar-refractivity contribution is -0.161. The van der Waals surface area contributed by atoms with Crippen molar-refractivity contribution < 1.29 is 80.2 Å². The third kappa shape index (κ3) is 85.8. The van der Waals surface area contributed by atoms with Crippen LogP contribution >= 0.6 is 15.6 Å². The zero-order valence-electron chi connectivity index (χ0n) is 73.3. The number of hydrogen-bond donors (Lipinski definition) is 3. The average molecular weight is 1620 g/mol. The van der Waals surface area contributed by atoms with E-state index in [0.29, 0.717) is 25.7 Å². The summed E-state index contributed by atoms with van der Waals surface area (Å²) >= 11 is 0. The summed E-state index contributed by atoms with van der Waals surface area (Å²) in [5, 5.41) is 10.7. The highest BCUT2D eigenvalue weighted by Gasteiger charge is 2.31. The highest BCUT2D eigenvalue weighted by Crippen LogP contribution is 2.45. The summed E-state index contributed by atoms with van der Waals surface area (Å²) in [6, 6.07) is 0. The first-order chi connectivity index (χ1) is 53.9. The number of unbranched alkanes of at least 4 members (excludes halogenated alkanes) is 61. The lowest BCUT2D eigenvalue weighted by Crippen LogP contribution is -2.30. The Morgan fingerprint density at radius 2 is 0.414 bits per heavy atom. The van der Waals surface area contributed by atoms with Crippen LogP contribution in [0.3, 0.4) is 0 Å². The summed E-state index contributed by atoms with van der Waals surface area (Å²) in [6.07, 6.45) is 77.9. The van der Waals surface area contributed by atoms with Gasteiger partial charge in [-0.15, -0.1) is 0 Å². The van der Waals surface area contributed by atoms with Gasteiger partial charge in [-0.1, -0.05) is 446 Å². The number of rotatable bonds is 91. The Labute approximate surface area is 683 Å². The van der Waals surface area contributed by atoms with Gasteiger partial charge in [0.1, 0.15) is 19.3 Å². The fraction of sp³-hybridized carbons (Fsp3) is 0.957. The molecule has 0 aliphatic carbocycles. The van der Waals surface area contributed by atoms with Gasteiger partial charge >= 0.3 is 39.5 Å². The molecular formula is C92H180O17P2. The quantitative estimate of drug-likeness (QED) is 0.0222. The molecule has 0 saturated heterocycles. The fourth-order valence-corrected chi connectivity index (χ4v) is 16.1. The second kappa shape index (κ2) is 83.1. The minimum Gasteiger partial charge on any atom is -0.462 e. The molecule has 2 unspecified atom stereocenters. The van der Waals surface area contributed by atoms with Gasteiger partial charge in [0.15, 0.2) is 12.2 Å². The molecule has 0 rings (SSSR count). The summed E-state index contributed by atoms with van der Waals surface area (Å²) in [6.45, 7) is 9.76. The molecule has 19 heteroatoms. The van der Waals surface area contributed by atoms with Gasteiger partial charge in [0.05, 0.1) is 26.4 Å². The molecule has 0 aromatic rings. The first kappa shape index (κ1) is 109. The van der Waals surface area contributed by atoms with Crippen LogP contribution in [0, 0.1) is 11.8 Å². The average Bonchev–Trinajstić information content (AvgIpc) is 0.899. The van der Waals surface area contributed by atoms with Crippen LogP contribution in [0.15, 0.2) is 0 Å². The van der Waals surface area contributed by atoms with E-state index in [9.17, 15) is 43.2 Å². The van der Waals surface area contributed by atoms with Crippen molar-refractivity contribution in [2.24, 2.45) is 11.8 Å². The molecule has 0 aromatic carbocycles. The fourth-order valence-electron chi connectivity index (χ4n) is 14.5. The first-order valence-corrected chi connectivity index (χ1v) is 50.5. The Hall–Kier alpha value is -1.94. The molecular weight excluding hydrogens is 1440 g/mol. The first-order valence-electron chi connectivity index (χ1n) is 47.5. The second-order valence-electron chi connectivity index (χ2n) is 34.0. The normalized spacial score (nSPS) is 13.7. The lowest BCUT2D eigenvalue weighted by Gasteiger charge is -2.21. The minimum absolute atomic E-state index is 0.108. The number of carbonyl (C=O) groups is 4. The van der Waals surface area contributed by atoms with Gasteiger partial charge < -0.3 is 33.8 Å². The standard InChI is InChI=1S/C92H180O17P2/c1-7-9-11-13-15-17-19-20-21-22-23-24-25-26-31-36-41-46-52-58-64-70-76-92(97)109-88(81-103-90(95)75-69-63-57-51-45-40-35-30-28-27-29-33-38-43-48-54-60-66-72-84(3)4)83-107-111(100,101)105-79-86(93)78-104-110(98,99)106-82-87(80-102-89(94)74-68-62-56-50-18-16-14-12-10-8-2)108-91(96)77-71-65-59-53-47-42-37-32-34-39-44-49-55-61-67-73-85(5)6/h84-88,93H,7-83H2,1-6H3,(H,98,99)(H,100,101)/t86-,87+,88+/m0/s1. The van der Waals surface area contributed by atoms with Gasteiger partial charge in [-0.25, -0.2) is 9.13 Å². The maximum absolute atomic E-state index is 13.2. The number of ether oxygens (including phenoxy) is 4. The Balaban J connectivity index is 5.21. The zero-order chi connectivity index (χ0) is 81.3. The molecule has 17 nitrogen and oxygen atoms in total. The largest absolute Gasteiger partial charge is 0.472 e. The highest BCUT2D eigenvalue weighted by molar-refractivity contribution is 7.47. The third-order valence-corrected chi connectivity index (χ3v) is 23.6. The van der Waals surface area contributed by atoms with Gasteiger partial charge in [-0.05, 0) is 37.5 Å². The molecule has 0 aromatic heterocycles. The maximum atomic E-state index is 13.2. The second-order valence-corrected chi connectivity index (χ2v) is 36.9. The molecule has 0 spiro atoms. The van der Waals surface area contributed by atoms with Crippen LogP contribution in [-0.2, 0) is 65.4 Å². The predicted molar refractivity (Wildman–Crippen MR) is 460 cm³/mol. The SMILES string of the molecule is CCCCCCCCCCCCCCCCCCCCCCCCC(=O)O[C@H](COC(=O)CCCCCCCCCCCCCCCCCCCCC(C)C)COP(=O)(O)OC[C@@H](O)COP(=O)(O)OC[C@@H](COC(=O)CCCCCCCCCCCC)OC(=O)CCCCCCCCCCCCCCCCCC(C)C. The third-order valence-electron chi connectivity index (χ3n) is 21.7. The van der Waals surface area contributed by atoms with Crippen molar-refractivity contribution in [2.75, 3.05) is 39.6 Å². The van der Waals surface area contributed by atoms with Crippen LogP contribution in [0.25, 0.3) is 0 Å². The molecule has 0 saturated carbocycles.